The summed E-state index contributed by atoms with van der Waals surface area (Å²) in [6, 6.07) is 8.61. The maximum absolute atomic E-state index is 12.8. The SMILES string of the molecule is CC(C)C(=O)OC[C@H]1O[C@@H](n2cnc3c(NC(=O)c4ccccc4)ncnc32)[C@H](OC(=O)C(C)C)[C@@H]1OC(=O)C(C)C. The van der Waals surface area contributed by atoms with Gasteiger partial charge in [0.25, 0.3) is 5.91 Å². The van der Waals surface area contributed by atoms with Crippen LogP contribution in [0.4, 0.5) is 5.82 Å². The highest BCUT2D eigenvalue weighted by molar-refractivity contribution is 6.06. The van der Waals surface area contributed by atoms with Gasteiger partial charge < -0.3 is 24.3 Å². The van der Waals surface area contributed by atoms with E-state index in [1.54, 1.807) is 71.9 Å². The molecule has 2 aromatic heterocycles. The number of hydrogen-bond donors (Lipinski definition) is 1. The van der Waals surface area contributed by atoms with Gasteiger partial charge in [0.05, 0.1) is 24.1 Å². The Kier molecular flexibility index (Phi) is 9.51. The number of fused-ring (bicyclic) bond motifs is 1. The first-order valence-electron chi connectivity index (χ1n) is 13.7. The molecule has 0 unspecified atom stereocenters. The minimum Gasteiger partial charge on any atom is -0.463 e. The monoisotopic (exact) mass is 581 g/mol. The number of ether oxygens (including phenoxy) is 4. The van der Waals surface area contributed by atoms with Gasteiger partial charge in [0.15, 0.2) is 35.4 Å². The molecule has 0 bridgehead atoms. The molecule has 1 aliphatic rings. The lowest BCUT2D eigenvalue weighted by Gasteiger charge is -2.26. The fourth-order valence-corrected chi connectivity index (χ4v) is 4.10. The van der Waals surface area contributed by atoms with Crippen molar-refractivity contribution in [1.82, 2.24) is 19.5 Å². The predicted octanol–water partition coefficient (Wildman–Crippen LogP) is 3.31. The fourth-order valence-electron chi connectivity index (χ4n) is 4.10. The first kappa shape index (κ1) is 30.6. The van der Waals surface area contributed by atoms with Crippen molar-refractivity contribution in [3.8, 4) is 0 Å². The Morgan fingerprint density at radius 3 is 2.10 bits per heavy atom. The minimum atomic E-state index is -1.14. The molecule has 1 saturated heterocycles. The molecule has 13 heteroatoms. The highest BCUT2D eigenvalue weighted by atomic mass is 16.7. The van der Waals surface area contributed by atoms with Crippen LogP contribution in [-0.4, -0.2) is 68.3 Å². The molecule has 1 amide bonds. The van der Waals surface area contributed by atoms with Crippen molar-refractivity contribution in [2.24, 2.45) is 17.8 Å². The smallest absolute Gasteiger partial charge is 0.308 e. The third-order valence-electron chi connectivity index (χ3n) is 6.49. The molecule has 1 aliphatic heterocycles. The van der Waals surface area contributed by atoms with Crippen LogP contribution in [0.2, 0.25) is 0 Å². The van der Waals surface area contributed by atoms with Crippen molar-refractivity contribution in [2.75, 3.05) is 11.9 Å². The lowest BCUT2D eigenvalue weighted by atomic mass is 10.1. The average Bonchev–Trinajstić information content (AvgIpc) is 3.53. The summed E-state index contributed by atoms with van der Waals surface area (Å²) < 4.78 is 24.8. The number of rotatable bonds is 10. The molecule has 42 heavy (non-hydrogen) atoms. The minimum absolute atomic E-state index is 0.159. The van der Waals surface area contributed by atoms with Crippen LogP contribution in [0.1, 0.15) is 58.1 Å². The van der Waals surface area contributed by atoms with Crippen molar-refractivity contribution >= 4 is 40.8 Å². The number of imidazole rings is 1. The molecule has 0 spiro atoms. The number of aromatic nitrogens is 4. The molecule has 1 fully saturated rings. The topological polar surface area (TPSA) is 161 Å². The molecule has 0 saturated carbocycles. The summed E-state index contributed by atoms with van der Waals surface area (Å²) in [5.74, 6) is -3.16. The van der Waals surface area contributed by atoms with E-state index in [9.17, 15) is 19.2 Å². The lowest BCUT2D eigenvalue weighted by Crippen LogP contribution is -2.42. The third kappa shape index (κ3) is 6.73. The van der Waals surface area contributed by atoms with Crippen LogP contribution in [-0.2, 0) is 33.3 Å². The van der Waals surface area contributed by atoms with Gasteiger partial charge in [0.2, 0.25) is 0 Å². The summed E-state index contributed by atoms with van der Waals surface area (Å²) in [6.07, 6.45) is -1.63. The number of hydrogen-bond acceptors (Lipinski definition) is 11. The van der Waals surface area contributed by atoms with Crippen LogP contribution in [0.25, 0.3) is 11.2 Å². The van der Waals surface area contributed by atoms with Crippen LogP contribution >= 0.6 is 0 Å². The Balaban J connectivity index is 1.71. The van der Waals surface area contributed by atoms with Gasteiger partial charge in [-0.05, 0) is 12.1 Å². The zero-order chi connectivity index (χ0) is 30.6. The standard InChI is InChI=1S/C29H35N5O8/c1-15(2)27(36)39-12-19-21(41-28(37)16(3)4)22(42-29(38)17(5)6)26(40-19)34-14-32-20-23(30-13-31-24(20)34)33-25(35)18-10-8-7-9-11-18/h7-11,13-17,19,21-22,26H,12H2,1-6H3,(H,30,31,33,35)/t19-,21-,22-,26-/m1/s1. The average molecular weight is 582 g/mol. The summed E-state index contributed by atoms with van der Waals surface area (Å²) in [4.78, 5) is 63.5. The Hall–Kier alpha value is -4.39. The highest BCUT2D eigenvalue weighted by Gasteiger charge is 2.52. The number of nitrogens with one attached hydrogen (secondary N) is 1. The van der Waals surface area contributed by atoms with Crippen molar-refractivity contribution in [2.45, 2.75) is 66.1 Å². The van der Waals surface area contributed by atoms with Gasteiger partial charge in [-0.25, -0.2) is 15.0 Å². The fraction of sp³-hybridized carbons (Fsp3) is 0.483. The van der Waals surface area contributed by atoms with Gasteiger partial charge in [-0.15, -0.1) is 0 Å². The number of benzene rings is 1. The highest BCUT2D eigenvalue weighted by Crippen LogP contribution is 2.37. The Bertz CT molecular complexity index is 1440. The van der Waals surface area contributed by atoms with E-state index in [0.717, 1.165) is 0 Å². The number of anilines is 1. The maximum atomic E-state index is 12.8. The van der Waals surface area contributed by atoms with E-state index >= 15 is 0 Å². The van der Waals surface area contributed by atoms with Crippen LogP contribution in [0.5, 0.6) is 0 Å². The second-order valence-electron chi connectivity index (χ2n) is 10.8. The van der Waals surface area contributed by atoms with Crippen LogP contribution in [0, 0.1) is 17.8 Å². The van der Waals surface area contributed by atoms with E-state index < -0.39 is 66.1 Å². The quantitative estimate of drug-likeness (QED) is 0.276. The van der Waals surface area contributed by atoms with Crippen molar-refractivity contribution < 1.29 is 38.1 Å². The predicted molar refractivity (Wildman–Crippen MR) is 149 cm³/mol. The van der Waals surface area contributed by atoms with Gasteiger partial charge in [-0.3, -0.25) is 23.7 Å². The van der Waals surface area contributed by atoms with Gasteiger partial charge in [0.1, 0.15) is 19.0 Å². The summed E-state index contributed by atoms with van der Waals surface area (Å²) >= 11 is 0. The van der Waals surface area contributed by atoms with E-state index in [4.69, 9.17) is 18.9 Å². The van der Waals surface area contributed by atoms with Crippen molar-refractivity contribution in [3.63, 3.8) is 0 Å². The molecule has 0 radical (unpaired) electrons. The summed E-state index contributed by atoms with van der Waals surface area (Å²) in [5, 5.41) is 2.74. The molecular formula is C29H35N5O8. The van der Waals surface area contributed by atoms with Crippen LogP contribution < -0.4 is 5.32 Å². The molecule has 3 aromatic rings. The van der Waals surface area contributed by atoms with Gasteiger partial charge >= 0.3 is 17.9 Å². The Labute approximate surface area is 242 Å². The van der Waals surface area contributed by atoms with E-state index in [0.29, 0.717) is 5.56 Å². The zero-order valence-corrected chi connectivity index (χ0v) is 24.3. The Morgan fingerprint density at radius 1 is 0.857 bits per heavy atom. The largest absolute Gasteiger partial charge is 0.463 e. The van der Waals surface area contributed by atoms with Crippen molar-refractivity contribution in [1.29, 1.82) is 0 Å². The van der Waals surface area contributed by atoms with Gasteiger partial charge in [-0.2, -0.15) is 0 Å². The van der Waals surface area contributed by atoms with E-state index in [2.05, 4.69) is 20.3 Å². The van der Waals surface area contributed by atoms with Gasteiger partial charge in [-0.1, -0.05) is 59.7 Å². The Morgan fingerprint density at radius 2 is 1.48 bits per heavy atom. The second kappa shape index (κ2) is 13.1. The summed E-state index contributed by atoms with van der Waals surface area (Å²) in [7, 11) is 0. The molecule has 4 rings (SSSR count). The summed E-state index contributed by atoms with van der Waals surface area (Å²) in [5.41, 5.74) is 0.944. The zero-order valence-electron chi connectivity index (χ0n) is 24.3. The number of esters is 3. The lowest BCUT2D eigenvalue weighted by molar-refractivity contribution is -0.173. The maximum Gasteiger partial charge on any atom is 0.308 e. The van der Waals surface area contributed by atoms with E-state index in [1.165, 1.54) is 17.2 Å². The number of amides is 1. The molecule has 4 atom stereocenters. The molecule has 3 heterocycles. The number of carbonyl (C=O) groups excluding carboxylic acids is 4. The molecule has 224 valence electrons. The number of nitrogens with zero attached hydrogens (tertiary/aromatic N) is 4. The molecule has 1 N–H and O–H groups in total. The summed E-state index contributed by atoms with van der Waals surface area (Å²) in [6.45, 7) is 9.82. The van der Waals surface area contributed by atoms with E-state index in [1.807, 2.05) is 0 Å². The molecule has 1 aromatic carbocycles. The first-order chi connectivity index (χ1) is 20.0. The third-order valence-corrected chi connectivity index (χ3v) is 6.49. The van der Waals surface area contributed by atoms with Crippen LogP contribution in [0.3, 0.4) is 0 Å². The molecule has 13 nitrogen and oxygen atoms in total. The van der Waals surface area contributed by atoms with Gasteiger partial charge in [0, 0.05) is 5.56 Å². The molecule has 0 aliphatic carbocycles. The van der Waals surface area contributed by atoms with Crippen LogP contribution in [0.15, 0.2) is 43.0 Å². The van der Waals surface area contributed by atoms with E-state index in [-0.39, 0.29) is 23.6 Å². The molecular weight excluding hydrogens is 546 g/mol. The normalized spacial score (nSPS) is 20.2. The second-order valence-corrected chi connectivity index (χ2v) is 10.8. The number of carbonyl (C=O) groups is 4. The first-order valence-corrected chi connectivity index (χ1v) is 13.7. The van der Waals surface area contributed by atoms with Crippen molar-refractivity contribution in [3.05, 3.63) is 48.5 Å².